The van der Waals surface area contributed by atoms with Crippen molar-refractivity contribution in [2.45, 2.75) is 0 Å². The van der Waals surface area contributed by atoms with E-state index in [1.54, 1.807) is 12.1 Å². The second-order valence-electron chi connectivity index (χ2n) is 5.05. The van der Waals surface area contributed by atoms with Crippen LogP contribution in [0, 0.1) is 5.82 Å². The van der Waals surface area contributed by atoms with Gasteiger partial charge in [-0.1, -0.05) is 42.5 Å². The molecule has 2 aromatic rings. The molecule has 21 heavy (non-hydrogen) atoms. The van der Waals surface area contributed by atoms with E-state index in [9.17, 15) is 4.39 Å². The van der Waals surface area contributed by atoms with Crippen LogP contribution < -0.4 is 0 Å². The zero-order valence-corrected chi connectivity index (χ0v) is 11.8. The van der Waals surface area contributed by atoms with Crippen LogP contribution in [0.4, 0.5) is 4.39 Å². The topological polar surface area (TPSA) is 12.5 Å². The van der Waals surface area contributed by atoms with Crippen molar-refractivity contribution >= 4 is 11.8 Å². The zero-order valence-electron chi connectivity index (χ0n) is 11.8. The minimum absolute atomic E-state index is 0.209. The van der Waals surface area contributed by atoms with Crippen LogP contribution in [0.25, 0.3) is 11.8 Å². The normalized spacial score (nSPS) is 16.0. The van der Waals surface area contributed by atoms with E-state index in [2.05, 4.69) is 23.1 Å². The molecule has 1 heterocycles. The van der Waals surface area contributed by atoms with Gasteiger partial charge < -0.3 is 9.64 Å². The van der Waals surface area contributed by atoms with Crippen molar-refractivity contribution in [2.24, 2.45) is 0 Å². The van der Waals surface area contributed by atoms with Gasteiger partial charge in [0, 0.05) is 18.8 Å². The fourth-order valence-electron chi connectivity index (χ4n) is 2.49. The third-order valence-corrected chi connectivity index (χ3v) is 3.59. The summed E-state index contributed by atoms with van der Waals surface area (Å²) in [6, 6.07) is 16.9. The average Bonchev–Trinajstić information content (AvgIpc) is 2.56. The maximum Gasteiger partial charge on any atom is 0.123 e. The van der Waals surface area contributed by atoms with Gasteiger partial charge >= 0.3 is 0 Å². The Hall–Kier alpha value is -2.13. The highest BCUT2D eigenvalue weighted by Crippen LogP contribution is 2.23. The number of benzene rings is 2. The summed E-state index contributed by atoms with van der Waals surface area (Å²) >= 11 is 0. The molecule has 3 rings (SSSR count). The van der Waals surface area contributed by atoms with Crippen molar-refractivity contribution in [2.75, 3.05) is 26.3 Å². The van der Waals surface area contributed by atoms with E-state index in [4.69, 9.17) is 4.74 Å². The lowest BCUT2D eigenvalue weighted by Crippen LogP contribution is -2.34. The summed E-state index contributed by atoms with van der Waals surface area (Å²) in [5.41, 5.74) is 3.33. The average molecular weight is 283 g/mol. The van der Waals surface area contributed by atoms with Gasteiger partial charge in [-0.05, 0) is 29.3 Å². The first kappa shape index (κ1) is 13.8. The predicted molar refractivity (Wildman–Crippen MR) is 83.1 cm³/mol. The molecule has 0 radical (unpaired) electrons. The Bertz CT molecular complexity index is 601. The molecule has 0 amide bonds. The van der Waals surface area contributed by atoms with Crippen LogP contribution in [-0.4, -0.2) is 31.2 Å². The summed E-state index contributed by atoms with van der Waals surface area (Å²) < 4.78 is 18.5. The largest absolute Gasteiger partial charge is 0.378 e. The third-order valence-electron chi connectivity index (χ3n) is 3.59. The van der Waals surface area contributed by atoms with E-state index in [0.717, 1.165) is 37.6 Å². The molecule has 0 spiro atoms. The summed E-state index contributed by atoms with van der Waals surface area (Å²) in [6.07, 6.45) is 2.11. The molecule has 1 aliphatic rings. The summed E-state index contributed by atoms with van der Waals surface area (Å²) in [5.74, 6) is -0.209. The lowest BCUT2D eigenvalue weighted by Gasteiger charge is -2.31. The van der Waals surface area contributed by atoms with E-state index in [-0.39, 0.29) is 5.82 Å². The highest BCUT2D eigenvalue weighted by Gasteiger charge is 2.15. The summed E-state index contributed by atoms with van der Waals surface area (Å²) in [7, 11) is 0. The molecule has 2 nitrogen and oxygen atoms in total. The highest BCUT2D eigenvalue weighted by atomic mass is 19.1. The standard InChI is InChI=1S/C18H18FNO/c19-17-8-6-15(7-9-17)14-18(16-4-2-1-3-5-16)20-10-12-21-13-11-20/h1-9,14H,10-13H2/b18-14-. The monoisotopic (exact) mass is 283 g/mol. The minimum Gasteiger partial charge on any atom is -0.378 e. The number of nitrogens with zero attached hydrogens (tertiary/aromatic N) is 1. The molecule has 0 bridgehead atoms. The maximum atomic E-state index is 13.1. The third kappa shape index (κ3) is 3.50. The van der Waals surface area contributed by atoms with Crippen molar-refractivity contribution in [3.8, 4) is 0 Å². The molecule has 0 aromatic heterocycles. The van der Waals surface area contributed by atoms with Crippen LogP contribution in [0.5, 0.6) is 0 Å². The van der Waals surface area contributed by atoms with Gasteiger partial charge in [-0.2, -0.15) is 0 Å². The summed E-state index contributed by atoms with van der Waals surface area (Å²) in [6.45, 7) is 3.24. The minimum atomic E-state index is -0.209. The lowest BCUT2D eigenvalue weighted by molar-refractivity contribution is 0.0642. The van der Waals surface area contributed by atoms with Crippen LogP contribution >= 0.6 is 0 Å². The predicted octanol–water partition coefficient (Wildman–Crippen LogP) is 3.66. The van der Waals surface area contributed by atoms with Gasteiger partial charge in [0.25, 0.3) is 0 Å². The number of rotatable bonds is 3. The van der Waals surface area contributed by atoms with Crippen molar-refractivity contribution in [1.29, 1.82) is 0 Å². The van der Waals surface area contributed by atoms with Gasteiger partial charge in [-0.15, -0.1) is 0 Å². The molecule has 1 fully saturated rings. The van der Waals surface area contributed by atoms with E-state index in [0.29, 0.717) is 0 Å². The fraction of sp³-hybridized carbons (Fsp3) is 0.222. The van der Waals surface area contributed by atoms with E-state index < -0.39 is 0 Å². The second kappa shape index (κ2) is 6.55. The fourth-order valence-corrected chi connectivity index (χ4v) is 2.49. The number of hydrogen-bond donors (Lipinski definition) is 0. The van der Waals surface area contributed by atoms with Crippen molar-refractivity contribution < 1.29 is 9.13 Å². The van der Waals surface area contributed by atoms with E-state index in [1.807, 2.05) is 18.2 Å². The lowest BCUT2D eigenvalue weighted by atomic mass is 10.1. The van der Waals surface area contributed by atoms with Gasteiger partial charge in [0.1, 0.15) is 5.82 Å². The Balaban J connectivity index is 1.96. The number of ether oxygens (including phenoxy) is 1. The maximum absolute atomic E-state index is 13.1. The molecule has 3 heteroatoms. The molecular formula is C18H18FNO. The van der Waals surface area contributed by atoms with Crippen molar-refractivity contribution in [1.82, 2.24) is 4.90 Å². The summed E-state index contributed by atoms with van der Waals surface area (Å²) in [4.78, 5) is 2.32. The molecule has 1 saturated heterocycles. The molecular weight excluding hydrogens is 265 g/mol. The van der Waals surface area contributed by atoms with Crippen LogP contribution in [0.1, 0.15) is 11.1 Å². The Labute approximate surface area is 124 Å². The van der Waals surface area contributed by atoms with Gasteiger partial charge in [0.15, 0.2) is 0 Å². The van der Waals surface area contributed by atoms with Crippen molar-refractivity contribution in [3.05, 3.63) is 71.5 Å². The SMILES string of the molecule is Fc1ccc(/C=C(/c2ccccc2)N2CCOCC2)cc1. The number of halogens is 1. The first-order chi connectivity index (χ1) is 10.3. The quantitative estimate of drug-likeness (QED) is 0.797. The zero-order chi connectivity index (χ0) is 14.5. The molecule has 0 unspecified atom stereocenters. The Morgan fingerprint density at radius 1 is 0.952 bits per heavy atom. The number of hydrogen-bond acceptors (Lipinski definition) is 2. The highest BCUT2D eigenvalue weighted by molar-refractivity contribution is 5.80. The molecule has 0 saturated carbocycles. The Kier molecular flexibility index (Phi) is 4.31. The smallest absolute Gasteiger partial charge is 0.123 e. The molecule has 0 aliphatic carbocycles. The van der Waals surface area contributed by atoms with Gasteiger partial charge in [-0.25, -0.2) is 4.39 Å². The first-order valence-electron chi connectivity index (χ1n) is 7.18. The molecule has 0 N–H and O–H groups in total. The van der Waals surface area contributed by atoms with Crippen LogP contribution in [-0.2, 0) is 4.74 Å². The van der Waals surface area contributed by atoms with Crippen molar-refractivity contribution in [3.63, 3.8) is 0 Å². The summed E-state index contributed by atoms with van der Waals surface area (Å²) in [5, 5.41) is 0. The van der Waals surface area contributed by atoms with Crippen LogP contribution in [0.15, 0.2) is 54.6 Å². The molecule has 1 aliphatic heterocycles. The van der Waals surface area contributed by atoms with E-state index in [1.165, 1.54) is 17.7 Å². The van der Waals surface area contributed by atoms with Crippen LogP contribution in [0.2, 0.25) is 0 Å². The molecule has 0 atom stereocenters. The second-order valence-corrected chi connectivity index (χ2v) is 5.05. The van der Waals surface area contributed by atoms with Gasteiger partial charge in [-0.3, -0.25) is 0 Å². The first-order valence-corrected chi connectivity index (χ1v) is 7.18. The number of morpholine rings is 1. The Morgan fingerprint density at radius 3 is 2.29 bits per heavy atom. The van der Waals surface area contributed by atoms with E-state index >= 15 is 0 Å². The Morgan fingerprint density at radius 2 is 1.62 bits per heavy atom. The molecule has 2 aromatic carbocycles. The molecule has 108 valence electrons. The van der Waals surface area contributed by atoms with Crippen LogP contribution in [0.3, 0.4) is 0 Å². The van der Waals surface area contributed by atoms with Gasteiger partial charge in [0.05, 0.1) is 13.2 Å². The van der Waals surface area contributed by atoms with Gasteiger partial charge in [0.2, 0.25) is 0 Å².